The Balaban J connectivity index is 1.57. The van der Waals surface area contributed by atoms with Gasteiger partial charge in [0.2, 0.25) is 0 Å². The van der Waals surface area contributed by atoms with E-state index in [0.717, 1.165) is 41.3 Å². The van der Waals surface area contributed by atoms with Crippen molar-refractivity contribution in [3.63, 3.8) is 0 Å². The number of ether oxygens (including phenoxy) is 2. The largest absolute Gasteiger partial charge is 0.497 e. The van der Waals surface area contributed by atoms with Crippen LogP contribution in [-0.2, 0) is 24.5 Å². The summed E-state index contributed by atoms with van der Waals surface area (Å²) in [5, 5.41) is 13.5. The van der Waals surface area contributed by atoms with Crippen LogP contribution in [-0.4, -0.2) is 34.5 Å². The van der Waals surface area contributed by atoms with E-state index in [1.807, 2.05) is 22.7 Å². The van der Waals surface area contributed by atoms with Crippen LogP contribution in [0.1, 0.15) is 35.4 Å². The van der Waals surface area contributed by atoms with Crippen LogP contribution in [0.25, 0.3) is 16.8 Å². The van der Waals surface area contributed by atoms with E-state index in [2.05, 4.69) is 29.2 Å². The van der Waals surface area contributed by atoms with Gasteiger partial charge in [-0.25, -0.2) is 4.98 Å². The predicted molar refractivity (Wildman–Crippen MR) is 137 cm³/mol. The normalized spacial score (nSPS) is 14.8. The van der Waals surface area contributed by atoms with Gasteiger partial charge in [-0.05, 0) is 42.5 Å². The summed E-state index contributed by atoms with van der Waals surface area (Å²) in [6, 6.07) is 16.1. The van der Waals surface area contributed by atoms with Crippen LogP contribution < -0.4 is 9.64 Å². The summed E-state index contributed by atoms with van der Waals surface area (Å²) >= 11 is 6.68. The van der Waals surface area contributed by atoms with E-state index in [-0.39, 0.29) is 0 Å². The highest BCUT2D eigenvalue weighted by Gasteiger charge is 2.32. The zero-order valence-corrected chi connectivity index (χ0v) is 20.3. The second kappa shape index (κ2) is 8.98. The van der Waals surface area contributed by atoms with Crippen molar-refractivity contribution in [2.45, 2.75) is 32.6 Å². The highest BCUT2D eigenvalue weighted by Crippen LogP contribution is 2.40. The molecule has 4 aromatic rings. The molecule has 1 saturated carbocycles. The lowest BCUT2D eigenvalue weighted by Gasteiger charge is -2.27. The molecular formula is C27H26ClN5O2. The number of hydrogen-bond donors (Lipinski definition) is 1. The first-order chi connectivity index (χ1) is 17.2. The standard InChI is InChI=1S/C27H26ClN5O2/c1-34-19-9-10-20(22(28)11-19)25-23(12-29)31-33-26(25)30-24-16-35-15-21(24)27(33)32(14-18-7-8-18)13-17-5-3-2-4-6-17/h2-6,9-12,18,29H,7-8,13-16H2,1H3. The number of rotatable bonds is 8. The highest BCUT2D eigenvalue weighted by molar-refractivity contribution is 6.34. The topological polar surface area (TPSA) is 75.7 Å². The lowest BCUT2D eigenvalue weighted by atomic mass is 10.1. The first-order valence-corrected chi connectivity index (χ1v) is 12.2. The molecule has 0 atom stereocenters. The lowest BCUT2D eigenvalue weighted by Crippen LogP contribution is -2.29. The summed E-state index contributed by atoms with van der Waals surface area (Å²) in [6.07, 6.45) is 3.77. The van der Waals surface area contributed by atoms with Gasteiger partial charge in [-0.2, -0.15) is 9.61 Å². The van der Waals surface area contributed by atoms with Crippen LogP contribution in [0.4, 0.5) is 5.82 Å². The van der Waals surface area contributed by atoms with Gasteiger partial charge in [0.15, 0.2) is 5.65 Å². The van der Waals surface area contributed by atoms with Crippen molar-refractivity contribution in [2.75, 3.05) is 18.6 Å². The summed E-state index contributed by atoms with van der Waals surface area (Å²) in [4.78, 5) is 7.40. The van der Waals surface area contributed by atoms with E-state index in [0.29, 0.717) is 41.2 Å². The highest BCUT2D eigenvalue weighted by atomic mass is 35.5. The van der Waals surface area contributed by atoms with Gasteiger partial charge < -0.3 is 19.8 Å². The Bertz CT molecular complexity index is 1410. The summed E-state index contributed by atoms with van der Waals surface area (Å²) in [5.41, 5.74) is 5.96. The van der Waals surface area contributed by atoms with Gasteiger partial charge in [0.05, 0.1) is 36.6 Å². The Labute approximate surface area is 208 Å². The van der Waals surface area contributed by atoms with Crippen LogP contribution in [0.3, 0.4) is 0 Å². The van der Waals surface area contributed by atoms with Gasteiger partial charge in [0, 0.05) is 30.4 Å². The van der Waals surface area contributed by atoms with E-state index in [1.54, 1.807) is 13.2 Å². The number of nitrogens with one attached hydrogen (secondary N) is 1. The van der Waals surface area contributed by atoms with Gasteiger partial charge >= 0.3 is 0 Å². The molecule has 0 bridgehead atoms. The molecule has 1 aliphatic heterocycles. The minimum absolute atomic E-state index is 0.461. The molecule has 0 unspecified atom stereocenters. The van der Waals surface area contributed by atoms with E-state index in [9.17, 15) is 0 Å². The number of benzene rings is 2. The van der Waals surface area contributed by atoms with Gasteiger partial charge in [-0.1, -0.05) is 41.9 Å². The average molecular weight is 488 g/mol. The third kappa shape index (κ3) is 4.05. The van der Waals surface area contributed by atoms with E-state index in [4.69, 9.17) is 36.6 Å². The molecule has 2 aliphatic rings. The molecule has 2 aromatic heterocycles. The number of halogens is 1. The fourth-order valence-corrected chi connectivity index (χ4v) is 5.06. The van der Waals surface area contributed by atoms with Crippen LogP contribution in [0, 0.1) is 11.3 Å². The fourth-order valence-electron chi connectivity index (χ4n) is 4.80. The van der Waals surface area contributed by atoms with Crippen molar-refractivity contribution in [2.24, 2.45) is 5.92 Å². The maximum Gasteiger partial charge on any atom is 0.166 e. The molecule has 7 nitrogen and oxygen atoms in total. The Hall–Kier alpha value is -3.42. The number of methoxy groups -OCH3 is 1. The minimum atomic E-state index is 0.461. The van der Waals surface area contributed by atoms with Crippen LogP contribution in [0.2, 0.25) is 5.02 Å². The molecule has 35 heavy (non-hydrogen) atoms. The van der Waals surface area contributed by atoms with Crippen LogP contribution >= 0.6 is 11.6 Å². The molecule has 0 spiro atoms. The van der Waals surface area contributed by atoms with Gasteiger partial charge in [0.25, 0.3) is 0 Å². The SMILES string of the molecule is COc1ccc(-c2c(C=N)nn3c(N(Cc4ccccc4)CC4CC4)c4c(nc23)COC4)c(Cl)c1. The monoisotopic (exact) mass is 487 g/mol. The van der Waals surface area contributed by atoms with Crippen molar-refractivity contribution in [3.8, 4) is 16.9 Å². The number of hydrogen-bond acceptors (Lipinski definition) is 6. The number of aromatic nitrogens is 3. The van der Waals surface area contributed by atoms with Crippen molar-refractivity contribution in [1.29, 1.82) is 5.41 Å². The summed E-state index contributed by atoms with van der Waals surface area (Å²) < 4.78 is 13.1. The second-order valence-corrected chi connectivity index (χ2v) is 9.56. The molecule has 3 heterocycles. The van der Waals surface area contributed by atoms with Gasteiger partial charge in [0.1, 0.15) is 17.3 Å². The third-order valence-corrected chi connectivity index (χ3v) is 7.02. The van der Waals surface area contributed by atoms with E-state index >= 15 is 0 Å². The average Bonchev–Trinajstić information content (AvgIpc) is 3.44. The summed E-state index contributed by atoms with van der Waals surface area (Å²) in [5.74, 6) is 2.35. The Kier molecular flexibility index (Phi) is 5.66. The third-order valence-electron chi connectivity index (χ3n) is 6.71. The predicted octanol–water partition coefficient (Wildman–Crippen LogP) is 5.50. The van der Waals surface area contributed by atoms with Gasteiger partial charge in [-0.3, -0.25) is 0 Å². The van der Waals surface area contributed by atoms with E-state index in [1.165, 1.54) is 24.6 Å². The first kappa shape index (κ1) is 22.1. The smallest absolute Gasteiger partial charge is 0.166 e. The molecule has 0 radical (unpaired) electrons. The van der Waals surface area contributed by atoms with Gasteiger partial charge in [-0.15, -0.1) is 0 Å². The Morgan fingerprint density at radius 3 is 2.74 bits per heavy atom. The van der Waals surface area contributed by atoms with Crippen molar-refractivity contribution < 1.29 is 9.47 Å². The molecule has 8 heteroatoms. The van der Waals surface area contributed by atoms with Crippen molar-refractivity contribution in [1.82, 2.24) is 14.6 Å². The number of nitrogens with zero attached hydrogens (tertiary/aromatic N) is 4. The molecule has 1 aliphatic carbocycles. The number of fused-ring (bicyclic) bond motifs is 2. The molecule has 2 aromatic carbocycles. The molecule has 6 rings (SSSR count). The molecular weight excluding hydrogens is 462 g/mol. The van der Waals surface area contributed by atoms with Crippen molar-refractivity contribution in [3.05, 3.63) is 76.1 Å². The Morgan fingerprint density at radius 2 is 2.03 bits per heavy atom. The minimum Gasteiger partial charge on any atom is -0.497 e. The van der Waals surface area contributed by atoms with Crippen LogP contribution in [0.5, 0.6) is 5.75 Å². The van der Waals surface area contributed by atoms with Crippen molar-refractivity contribution >= 4 is 29.3 Å². The molecule has 0 amide bonds. The maximum atomic E-state index is 8.13. The first-order valence-electron chi connectivity index (χ1n) is 11.8. The maximum absolute atomic E-state index is 8.13. The molecule has 1 N–H and O–H groups in total. The molecule has 1 fully saturated rings. The fraction of sp³-hybridized carbons (Fsp3) is 0.296. The second-order valence-electron chi connectivity index (χ2n) is 9.15. The quantitative estimate of drug-likeness (QED) is 0.332. The molecule has 178 valence electrons. The zero-order valence-electron chi connectivity index (χ0n) is 19.5. The van der Waals surface area contributed by atoms with E-state index < -0.39 is 0 Å². The summed E-state index contributed by atoms with van der Waals surface area (Å²) in [6.45, 7) is 2.67. The Morgan fingerprint density at radius 1 is 1.20 bits per heavy atom. The summed E-state index contributed by atoms with van der Waals surface area (Å²) in [7, 11) is 1.61. The van der Waals surface area contributed by atoms with Crippen LogP contribution in [0.15, 0.2) is 48.5 Å². The number of anilines is 1. The molecule has 0 saturated heterocycles. The lowest BCUT2D eigenvalue weighted by molar-refractivity contribution is 0.133. The zero-order chi connectivity index (χ0) is 23.9.